The summed E-state index contributed by atoms with van der Waals surface area (Å²) in [6.07, 6.45) is 3.94. The third-order valence-corrected chi connectivity index (χ3v) is 2.33. The molecule has 0 aliphatic rings. The largest absolute Gasteiger partial charge is 0.494 e. The van der Waals surface area contributed by atoms with Crippen LogP contribution in [0.25, 0.3) is 5.69 Å². The van der Waals surface area contributed by atoms with E-state index in [-0.39, 0.29) is 0 Å². The molecule has 0 aliphatic heterocycles. The van der Waals surface area contributed by atoms with Gasteiger partial charge >= 0.3 is 0 Å². The summed E-state index contributed by atoms with van der Waals surface area (Å²) in [5.74, 6) is 0.630. The van der Waals surface area contributed by atoms with Crippen molar-refractivity contribution in [1.82, 2.24) is 9.78 Å². The molecule has 0 amide bonds. The van der Waals surface area contributed by atoms with Crippen LogP contribution in [-0.4, -0.2) is 23.2 Å². The van der Waals surface area contributed by atoms with Gasteiger partial charge in [0.05, 0.1) is 18.3 Å². The topological polar surface area (TPSA) is 44.1 Å². The summed E-state index contributed by atoms with van der Waals surface area (Å²) in [6, 6.07) is 5.09. The maximum atomic E-state index is 10.7. The Bertz CT molecular complexity index is 522. The van der Waals surface area contributed by atoms with Crippen LogP contribution in [0, 0.1) is 0 Å². The third kappa shape index (κ3) is 1.92. The minimum Gasteiger partial charge on any atom is -0.494 e. The van der Waals surface area contributed by atoms with Gasteiger partial charge in [0, 0.05) is 11.8 Å². The molecule has 2 aromatic rings. The molecule has 1 heterocycles. The van der Waals surface area contributed by atoms with Gasteiger partial charge in [-0.05, 0) is 18.2 Å². The van der Waals surface area contributed by atoms with Crippen LogP contribution in [0.15, 0.2) is 30.6 Å². The van der Waals surface area contributed by atoms with Crippen LogP contribution in [0.3, 0.4) is 0 Å². The Kier molecular flexibility index (Phi) is 2.92. The van der Waals surface area contributed by atoms with Crippen molar-refractivity contribution >= 4 is 17.9 Å². The van der Waals surface area contributed by atoms with Gasteiger partial charge in [0.2, 0.25) is 0 Å². The van der Waals surface area contributed by atoms with Crippen LogP contribution in [0.2, 0.25) is 5.02 Å². The highest BCUT2D eigenvalue weighted by Crippen LogP contribution is 2.24. The van der Waals surface area contributed by atoms with E-state index in [4.69, 9.17) is 16.3 Å². The normalized spacial score (nSPS) is 10.1. The molecule has 0 radical (unpaired) electrons. The molecule has 1 aromatic carbocycles. The smallest absolute Gasteiger partial charge is 0.150 e. The van der Waals surface area contributed by atoms with Crippen molar-refractivity contribution in [3.8, 4) is 11.4 Å². The highest BCUT2D eigenvalue weighted by atomic mass is 35.5. The van der Waals surface area contributed by atoms with E-state index in [1.165, 1.54) is 6.20 Å². The zero-order valence-corrected chi connectivity index (χ0v) is 9.31. The number of carbonyl (C=O) groups is 1. The summed E-state index contributed by atoms with van der Waals surface area (Å²) in [5.41, 5.74) is 1.24. The molecule has 0 saturated heterocycles. The molecule has 2 rings (SSSR count). The van der Waals surface area contributed by atoms with Gasteiger partial charge in [-0.2, -0.15) is 5.10 Å². The molecular formula is C11H9ClN2O2. The summed E-state index contributed by atoms with van der Waals surface area (Å²) < 4.78 is 6.75. The molecule has 0 bridgehead atoms. The fourth-order valence-electron chi connectivity index (χ4n) is 1.39. The van der Waals surface area contributed by atoms with Crippen LogP contribution in [0.5, 0.6) is 5.75 Å². The molecule has 0 saturated carbocycles. The van der Waals surface area contributed by atoms with Gasteiger partial charge in [-0.3, -0.25) is 4.79 Å². The van der Waals surface area contributed by atoms with E-state index in [2.05, 4.69) is 5.10 Å². The SMILES string of the molecule is COc1ccc(C=O)cc1-n1cc(Cl)cn1. The molecule has 0 aliphatic carbocycles. The highest BCUT2D eigenvalue weighted by Gasteiger charge is 2.07. The van der Waals surface area contributed by atoms with Gasteiger partial charge in [0.1, 0.15) is 17.7 Å². The Balaban J connectivity index is 2.56. The molecule has 5 heteroatoms. The van der Waals surface area contributed by atoms with Crippen molar-refractivity contribution in [1.29, 1.82) is 0 Å². The predicted octanol–water partition coefficient (Wildman–Crippen LogP) is 2.35. The molecule has 16 heavy (non-hydrogen) atoms. The Morgan fingerprint density at radius 3 is 2.88 bits per heavy atom. The average molecular weight is 237 g/mol. The number of aldehydes is 1. The summed E-state index contributed by atoms with van der Waals surface area (Å²) in [6.45, 7) is 0. The molecule has 0 spiro atoms. The summed E-state index contributed by atoms with van der Waals surface area (Å²) in [7, 11) is 1.56. The number of ether oxygens (including phenoxy) is 1. The van der Waals surface area contributed by atoms with Gasteiger partial charge < -0.3 is 4.74 Å². The number of rotatable bonds is 3. The maximum Gasteiger partial charge on any atom is 0.150 e. The van der Waals surface area contributed by atoms with Gasteiger partial charge in [0.25, 0.3) is 0 Å². The summed E-state index contributed by atoms with van der Waals surface area (Å²) >= 11 is 5.79. The van der Waals surface area contributed by atoms with Crippen molar-refractivity contribution < 1.29 is 9.53 Å². The molecule has 4 nitrogen and oxygen atoms in total. The quantitative estimate of drug-likeness (QED) is 0.769. The lowest BCUT2D eigenvalue weighted by Gasteiger charge is -2.08. The number of halogens is 1. The van der Waals surface area contributed by atoms with Crippen LogP contribution in [0.4, 0.5) is 0 Å². The number of aromatic nitrogens is 2. The number of nitrogens with zero attached hydrogens (tertiary/aromatic N) is 2. The number of hydrogen-bond acceptors (Lipinski definition) is 3. The predicted molar refractivity (Wildman–Crippen MR) is 60.5 cm³/mol. The fraction of sp³-hybridized carbons (Fsp3) is 0.0909. The van der Waals surface area contributed by atoms with Crippen molar-refractivity contribution in [2.24, 2.45) is 0 Å². The first-order valence-corrected chi connectivity index (χ1v) is 4.96. The highest BCUT2D eigenvalue weighted by molar-refractivity contribution is 6.30. The molecule has 0 atom stereocenters. The molecular weight excluding hydrogens is 228 g/mol. The van der Waals surface area contributed by atoms with E-state index in [1.54, 1.807) is 36.2 Å². The molecule has 0 N–H and O–H groups in total. The van der Waals surface area contributed by atoms with Crippen molar-refractivity contribution in [2.75, 3.05) is 7.11 Å². The van der Waals surface area contributed by atoms with Gasteiger partial charge in [-0.15, -0.1) is 0 Å². The lowest BCUT2D eigenvalue weighted by molar-refractivity contribution is 0.112. The lowest BCUT2D eigenvalue weighted by Crippen LogP contribution is -1.99. The first kappa shape index (κ1) is 10.7. The maximum absolute atomic E-state index is 10.7. The molecule has 0 unspecified atom stereocenters. The summed E-state index contributed by atoms with van der Waals surface area (Å²) in [5, 5.41) is 4.59. The van der Waals surface area contributed by atoms with E-state index >= 15 is 0 Å². The fourth-order valence-corrected chi connectivity index (χ4v) is 1.53. The van der Waals surface area contributed by atoms with Crippen LogP contribution in [0.1, 0.15) is 10.4 Å². The zero-order chi connectivity index (χ0) is 11.5. The second-order valence-electron chi connectivity index (χ2n) is 3.15. The number of benzene rings is 1. The second kappa shape index (κ2) is 4.37. The number of methoxy groups -OCH3 is 1. The van der Waals surface area contributed by atoms with Crippen molar-refractivity contribution in [3.63, 3.8) is 0 Å². The van der Waals surface area contributed by atoms with E-state index < -0.39 is 0 Å². The number of carbonyl (C=O) groups excluding carboxylic acids is 1. The Labute approximate surface area is 97.4 Å². The van der Waals surface area contributed by atoms with E-state index in [1.807, 2.05) is 0 Å². The first-order chi connectivity index (χ1) is 7.74. The monoisotopic (exact) mass is 236 g/mol. The van der Waals surface area contributed by atoms with E-state index in [0.29, 0.717) is 22.0 Å². The van der Waals surface area contributed by atoms with Crippen LogP contribution >= 0.6 is 11.6 Å². The second-order valence-corrected chi connectivity index (χ2v) is 3.59. The van der Waals surface area contributed by atoms with E-state index in [0.717, 1.165) is 6.29 Å². The molecule has 82 valence electrons. The number of hydrogen-bond donors (Lipinski definition) is 0. The molecule has 1 aromatic heterocycles. The van der Waals surface area contributed by atoms with Crippen molar-refractivity contribution in [2.45, 2.75) is 0 Å². The third-order valence-electron chi connectivity index (χ3n) is 2.14. The van der Waals surface area contributed by atoms with Gasteiger partial charge in [-0.1, -0.05) is 11.6 Å². The van der Waals surface area contributed by atoms with Crippen LogP contribution in [-0.2, 0) is 0 Å². The first-order valence-electron chi connectivity index (χ1n) is 4.58. The van der Waals surface area contributed by atoms with Crippen molar-refractivity contribution in [3.05, 3.63) is 41.2 Å². The Morgan fingerprint density at radius 2 is 2.31 bits per heavy atom. The average Bonchev–Trinajstić information content (AvgIpc) is 2.75. The minimum atomic E-state index is 0.526. The minimum absolute atomic E-state index is 0.526. The zero-order valence-electron chi connectivity index (χ0n) is 8.55. The van der Waals surface area contributed by atoms with Crippen LogP contribution < -0.4 is 4.74 Å². The Hall–Kier alpha value is -1.81. The lowest BCUT2D eigenvalue weighted by atomic mass is 10.2. The Morgan fingerprint density at radius 1 is 1.50 bits per heavy atom. The molecule has 0 fully saturated rings. The summed E-state index contributed by atoms with van der Waals surface area (Å²) in [4.78, 5) is 10.7. The van der Waals surface area contributed by atoms with E-state index in [9.17, 15) is 4.79 Å². The standard InChI is InChI=1S/C11H9ClN2O2/c1-16-11-3-2-8(7-15)4-10(11)14-6-9(12)5-13-14/h2-7H,1H3. The van der Waals surface area contributed by atoms with Gasteiger partial charge in [-0.25, -0.2) is 4.68 Å². The van der Waals surface area contributed by atoms with Gasteiger partial charge in [0.15, 0.2) is 0 Å².